The van der Waals surface area contributed by atoms with Gasteiger partial charge in [-0.3, -0.25) is 4.79 Å². The highest BCUT2D eigenvalue weighted by Gasteiger charge is 2.55. The number of carboxylic acid groups (broad SMARTS) is 1. The van der Waals surface area contributed by atoms with Crippen LogP contribution in [0.4, 0.5) is 0 Å². The number of carbonyl (C=O) groups is 2. The van der Waals surface area contributed by atoms with E-state index in [9.17, 15) is 50.4 Å². The molecule has 9 N–H and O–H groups in total. The van der Waals surface area contributed by atoms with Crippen molar-refractivity contribution in [1.29, 1.82) is 0 Å². The van der Waals surface area contributed by atoms with Crippen LogP contribution in [-0.4, -0.2) is 140 Å². The van der Waals surface area contributed by atoms with Gasteiger partial charge in [-0.25, -0.2) is 4.79 Å². The fourth-order valence-corrected chi connectivity index (χ4v) is 4.42. The van der Waals surface area contributed by atoms with Gasteiger partial charge in [-0.15, -0.1) is 0 Å². The molecule has 15 heteroatoms. The minimum Gasteiger partial charge on any atom is -0.477 e. The summed E-state index contributed by atoms with van der Waals surface area (Å²) in [5.41, 5.74) is 0. The van der Waals surface area contributed by atoms with Crippen LogP contribution in [0.1, 0.15) is 46.0 Å². The highest BCUT2D eigenvalue weighted by atomic mass is 16.7. The van der Waals surface area contributed by atoms with Crippen LogP contribution in [0, 0.1) is 0 Å². The zero-order chi connectivity index (χ0) is 28.6. The first-order valence-corrected chi connectivity index (χ1v) is 12.6. The third-order valence-electron chi connectivity index (χ3n) is 6.65. The van der Waals surface area contributed by atoms with E-state index in [2.05, 4.69) is 5.32 Å². The molecule has 0 aromatic rings. The van der Waals surface area contributed by atoms with E-state index >= 15 is 0 Å². The Kier molecular flexibility index (Phi) is 12.7. The number of unbranched alkanes of at least 4 members (excludes halogenated alkanes) is 3. The molecule has 15 nitrogen and oxygen atoms in total. The number of aliphatic carboxylic acids is 1. The van der Waals surface area contributed by atoms with E-state index in [-0.39, 0.29) is 13.2 Å². The summed E-state index contributed by atoms with van der Waals surface area (Å²) in [5.74, 6) is -4.53. The third-order valence-corrected chi connectivity index (χ3v) is 6.65. The van der Waals surface area contributed by atoms with E-state index in [0.717, 1.165) is 6.92 Å². The number of carbonyl (C=O) groups excluding carboxylic acids is 1. The molecule has 0 saturated carbocycles. The van der Waals surface area contributed by atoms with Crippen molar-refractivity contribution in [3.05, 3.63) is 0 Å². The van der Waals surface area contributed by atoms with Gasteiger partial charge in [0.2, 0.25) is 5.91 Å². The van der Waals surface area contributed by atoms with E-state index in [0.29, 0.717) is 25.7 Å². The van der Waals surface area contributed by atoms with Crippen LogP contribution in [0.25, 0.3) is 0 Å². The summed E-state index contributed by atoms with van der Waals surface area (Å²) in [6.45, 7) is 1.93. The third kappa shape index (κ3) is 8.25. The lowest BCUT2D eigenvalue weighted by atomic mass is 9.88. The van der Waals surface area contributed by atoms with Gasteiger partial charge in [0.25, 0.3) is 5.79 Å². The lowest BCUT2D eigenvalue weighted by Gasteiger charge is -2.46. The van der Waals surface area contributed by atoms with Crippen LogP contribution < -0.4 is 5.32 Å². The second-order valence-electron chi connectivity index (χ2n) is 9.69. The molecular formula is C23H41NO14. The highest BCUT2D eigenvalue weighted by Crippen LogP contribution is 2.34. The first kappa shape index (κ1) is 32.7. The molecule has 0 aromatic carbocycles. The average Bonchev–Trinajstić information content (AvgIpc) is 2.87. The van der Waals surface area contributed by atoms with E-state index in [1.165, 1.54) is 0 Å². The zero-order valence-corrected chi connectivity index (χ0v) is 21.5. The maximum Gasteiger partial charge on any atom is 0.364 e. The van der Waals surface area contributed by atoms with Crippen molar-refractivity contribution in [3.63, 3.8) is 0 Å². The van der Waals surface area contributed by atoms with Gasteiger partial charge in [-0.05, 0) is 19.8 Å². The number of aliphatic hydroxyl groups is 7. The Balaban J connectivity index is 1.84. The molecular weight excluding hydrogens is 514 g/mol. The SMILES string of the molecule is CC(=O)N[C@H]1[C@H]([C@H](O)[C@H](O)CO)O[C@@](OCCCCCCO[C@@H]2O[C@@H](C)[C@@H](O)[C@@H](O)[C@@H]2O)(C(=O)O)C[C@@H]1O. The predicted molar refractivity (Wildman–Crippen MR) is 125 cm³/mol. The van der Waals surface area contributed by atoms with Crippen LogP contribution in [-0.2, 0) is 28.5 Å². The number of hydrogen-bond acceptors (Lipinski definition) is 13. The Bertz CT molecular complexity index is 758. The Labute approximate surface area is 219 Å². The summed E-state index contributed by atoms with van der Waals surface area (Å²) >= 11 is 0. The van der Waals surface area contributed by atoms with Gasteiger partial charge in [0.15, 0.2) is 6.29 Å². The van der Waals surface area contributed by atoms with Gasteiger partial charge in [-0.2, -0.15) is 0 Å². The van der Waals surface area contributed by atoms with Gasteiger partial charge in [-0.1, -0.05) is 12.8 Å². The monoisotopic (exact) mass is 555 g/mol. The molecule has 0 aromatic heterocycles. The number of ether oxygens (including phenoxy) is 4. The number of carboxylic acids is 1. The number of aliphatic hydroxyl groups excluding tert-OH is 7. The summed E-state index contributed by atoms with van der Waals surface area (Å²) < 4.78 is 21.9. The largest absolute Gasteiger partial charge is 0.477 e. The fourth-order valence-electron chi connectivity index (χ4n) is 4.42. The standard InChI is InChI=1S/C23H41NO14/c1-11-16(29)18(31)19(32)21(37-11)35-7-5-3-4-6-8-36-23(22(33)34)9-13(27)15(24-12(2)26)20(38-23)17(30)14(28)10-25/h11,13-21,25,27-32H,3-10H2,1-2H3,(H,24,26)(H,33,34)/t11-,13-,14+,15+,16+,17+,18+,19-,20+,21+,23+/m0/s1. The topological polar surface area (TPSA) is 245 Å². The summed E-state index contributed by atoms with van der Waals surface area (Å²) in [6.07, 6.45) is -10.9. The van der Waals surface area contributed by atoms with E-state index in [1.54, 1.807) is 6.92 Å². The molecule has 1 amide bonds. The molecule has 38 heavy (non-hydrogen) atoms. The minimum atomic E-state index is -2.37. The minimum absolute atomic E-state index is 0.0951. The summed E-state index contributed by atoms with van der Waals surface area (Å²) in [4.78, 5) is 23.6. The Hall–Kier alpha value is -1.50. The molecule has 11 atom stereocenters. The number of hydrogen-bond donors (Lipinski definition) is 9. The molecule has 2 saturated heterocycles. The van der Waals surface area contributed by atoms with E-state index in [1.807, 2.05) is 0 Å². The van der Waals surface area contributed by atoms with Crippen molar-refractivity contribution >= 4 is 11.9 Å². The molecule has 0 aliphatic carbocycles. The van der Waals surface area contributed by atoms with Crippen molar-refractivity contribution in [2.75, 3.05) is 19.8 Å². The summed E-state index contributed by atoms with van der Waals surface area (Å²) in [7, 11) is 0. The van der Waals surface area contributed by atoms with Gasteiger partial charge >= 0.3 is 5.97 Å². The van der Waals surface area contributed by atoms with Gasteiger partial charge in [0, 0.05) is 20.0 Å². The van der Waals surface area contributed by atoms with Crippen LogP contribution in [0.2, 0.25) is 0 Å². The number of amides is 1. The number of nitrogens with one attached hydrogen (secondary N) is 1. The van der Waals surface area contributed by atoms with Crippen molar-refractivity contribution in [3.8, 4) is 0 Å². The van der Waals surface area contributed by atoms with E-state index < -0.39 is 91.9 Å². The number of rotatable bonds is 14. The fraction of sp³-hybridized carbons (Fsp3) is 0.913. The van der Waals surface area contributed by atoms with Gasteiger partial charge in [0.1, 0.15) is 36.6 Å². The van der Waals surface area contributed by atoms with Crippen molar-refractivity contribution in [2.45, 2.75) is 113 Å². The molecule has 0 spiro atoms. The van der Waals surface area contributed by atoms with Gasteiger partial charge < -0.3 is 65.1 Å². The lowest BCUT2D eigenvalue weighted by Crippen LogP contribution is -2.67. The van der Waals surface area contributed by atoms with Crippen LogP contribution in [0.15, 0.2) is 0 Å². The normalized spacial score (nSPS) is 37.4. The van der Waals surface area contributed by atoms with Crippen LogP contribution in [0.3, 0.4) is 0 Å². The molecule has 2 heterocycles. The molecule has 2 aliphatic heterocycles. The first-order chi connectivity index (χ1) is 17.8. The second kappa shape index (κ2) is 14.8. The maximum absolute atomic E-state index is 12.1. The maximum atomic E-state index is 12.1. The van der Waals surface area contributed by atoms with Crippen molar-refractivity contribution in [2.24, 2.45) is 0 Å². The predicted octanol–water partition coefficient (Wildman–Crippen LogP) is -3.44. The molecule has 2 fully saturated rings. The van der Waals surface area contributed by atoms with Crippen molar-refractivity contribution in [1.82, 2.24) is 5.32 Å². The van der Waals surface area contributed by atoms with Crippen molar-refractivity contribution < 1.29 is 69.4 Å². The van der Waals surface area contributed by atoms with Crippen LogP contribution in [0.5, 0.6) is 0 Å². The molecule has 0 radical (unpaired) electrons. The first-order valence-electron chi connectivity index (χ1n) is 12.6. The second-order valence-corrected chi connectivity index (χ2v) is 9.69. The average molecular weight is 556 g/mol. The zero-order valence-electron chi connectivity index (χ0n) is 21.5. The van der Waals surface area contributed by atoms with E-state index in [4.69, 9.17) is 18.9 Å². The molecule has 2 aliphatic rings. The summed E-state index contributed by atoms with van der Waals surface area (Å²) in [5, 5.41) is 81.7. The lowest BCUT2D eigenvalue weighted by molar-refractivity contribution is -0.311. The smallest absolute Gasteiger partial charge is 0.364 e. The molecule has 0 unspecified atom stereocenters. The van der Waals surface area contributed by atoms with Gasteiger partial charge in [0.05, 0.1) is 31.5 Å². The Morgan fingerprint density at radius 2 is 1.66 bits per heavy atom. The molecule has 0 bridgehead atoms. The molecule has 2 rings (SSSR count). The quantitative estimate of drug-likeness (QED) is 0.0947. The molecule has 222 valence electrons. The van der Waals surface area contributed by atoms with Crippen LogP contribution >= 0.6 is 0 Å². The Morgan fingerprint density at radius 3 is 2.24 bits per heavy atom. The Morgan fingerprint density at radius 1 is 1.03 bits per heavy atom. The summed E-state index contributed by atoms with van der Waals surface area (Å²) in [6, 6.07) is -1.26. The highest BCUT2D eigenvalue weighted by molar-refractivity contribution is 5.76.